The molecule has 0 heterocycles. The number of hydrogen-bond acceptors (Lipinski definition) is 0. The monoisotopic (exact) mass is 244 g/mol. The Morgan fingerprint density at radius 3 is 1.74 bits per heavy atom. The predicted octanol–water partition coefficient (Wildman–Crippen LogP) is 4.82. The van der Waals surface area contributed by atoms with Gasteiger partial charge in [0.1, 0.15) is 0 Å². The zero-order valence-electron chi connectivity index (χ0n) is 12.0. The Hall–Kier alpha value is -0.963. The maximum absolute atomic E-state index is 2.38. The van der Waals surface area contributed by atoms with Crippen molar-refractivity contribution in [1.82, 2.24) is 0 Å². The van der Waals surface area contributed by atoms with Crippen LogP contribution in [0.1, 0.15) is 36.8 Å². The molecular formula is C18H21Li. The van der Waals surface area contributed by atoms with E-state index in [1.54, 1.807) is 0 Å². The van der Waals surface area contributed by atoms with Crippen LogP contribution in [0.3, 0.4) is 0 Å². The SMILES string of the molecule is [Li][CH2]CC(C)CC(c1ccccc1)c1ccccc1. The van der Waals surface area contributed by atoms with Gasteiger partial charge in [-0.1, -0.05) is 0 Å². The summed E-state index contributed by atoms with van der Waals surface area (Å²) in [5.74, 6) is 1.30. The van der Waals surface area contributed by atoms with Gasteiger partial charge in [0.15, 0.2) is 0 Å². The van der Waals surface area contributed by atoms with E-state index in [1.807, 2.05) is 0 Å². The first-order chi connectivity index (χ1) is 9.31. The van der Waals surface area contributed by atoms with Crippen molar-refractivity contribution < 1.29 is 0 Å². The number of hydrogen-bond donors (Lipinski definition) is 0. The van der Waals surface area contributed by atoms with Gasteiger partial charge in [-0.25, -0.2) is 0 Å². The van der Waals surface area contributed by atoms with E-state index in [2.05, 4.69) is 85.3 Å². The first kappa shape index (κ1) is 14.4. The molecule has 94 valence electrons. The molecule has 0 N–H and O–H groups in total. The Balaban J connectivity index is 2.24. The van der Waals surface area contributed by atoms with Gasteiger partial charge < -0.3 is 0 Å². The van der Waals surface area contributed by atoms with Gasteiger partial charge in [0, 0.05) is 0 Å². The third kappa shape index (κ3) is 4.27. The fraction of sp³-hybridized carbons (Fsp3) is 0.333. The summed E-state index contributed by atoms with van der Waals surface area (Å²) in [4.78, 5) is 0. The summed E-state index contributed by atoms with van der Waals surface area (Å²) in [6.07, 6.45) is 2.55. The molecule has 0 bridgehead atoms. The van der Waals surface area contributed by atoms with E-state index in [4.69, 9.17) is 0 Å². The quantitative estimate of drug-likeness (QED) is 0.639. The van der Waals surface area contributed by atoms with Crippen molar-refractivity contribution in [2.75, 3.05) is 0 Å². The topological polar surface area (TPSA) is 0 Å². The van der Waals surface area contributed by atoms with E-state index >= 15 is 0 Å². The summed E-state index contributed by atoms with van der Waals surface area (Å²) >= 11 is 2.27. The summed E-state index contributed by atoms with van der Waals surface area (Å²) < 4.78 is 0. The molecule has 0 aromatic heterocycles. The van der Waals surface area contributed by atoms with Gasteiger partial charge in [-0.3, -0.25) is 0 Å². The van der Waals surface area contributed by atoms with Crippen LogP contribution < -0.4 is 0 Å². The molecule has 0 saturated carbocycles. The molecule has 0 aliphatic carbocycles. The summed E-state index contributed by atoms with van der Waals surface area (Å²) in [6.45, 7) is 2.38. The maximum atomic E-state index is 2.38. The van der Waals surface area contributed by atoms with Crippen LogP contribution >= 0.6 is 0 Å². The summed E-state index contributed by atoms with van der Waals surface area (Å²) in [5.41, 5.74) is 2.88. The summed E-state index contributed by atoms with van der Waals surface area (Å²) in [5, 5.41) is 1.28. The van der Waals surface area contributed by atoms with E-state index in [0.29, 0.717) is 5.92 Å². The van der Waals surface area contributed by atoms with E-state index in [1.165, 1.54) is 29.1 Å². The first-order valence-corrected chi connectivity index (χ1v) is 7.41. The van der Waals surface area contributed by atoms with Gasteiger partial charge in [0.05, 0.1) is 0 Å². The summed E-state index contributed by atoms with van der Waals surface area (Å²) in [6, 6.07) is 21.8. The molecule has 0 nitrogen and oxygen atoms in total. The van der Waals surface area contributed by atoms with Crippen molar-refractivity contribution in [2.24, 2.45) is 5.92 Å². The van der Waals surface area contributed by atoms with E-state index < -0.39 is 0 Å². The van der Waals surface area contributed by atoms with Crippen molar-refractivity contribution in [3.05, 3.63) is 71.8 Å². The average Bonchev–Trinajstić information content (AvgIpc) is 2.47. The van der Waals surface area contributed by atoms with Crippen LogP contribution in [0.5, 0.6) is 0 Å². The third-order valence-corrected chi connectivity index (χ3v) is 3.82. The van der Waals surface area contributed by atoms with Gasteiger partial charge in [-0.05, 0) is 0 Å². The molecule has 1 heteroatoms. The molecule has 0 aliphatic rings. The molecule has 0 saturated heterocycles. The van der Waals surface area contributed by atoms with Gasteiger partial charge in [-0.2, -0.15) is 0 Å². The zero-order valence-corrected chi connectivity index (χ0v) is 12.0. The Morgan fingerprint density at radius 2 is 1.32 bits per heavy atom. The van der Waals surface area contributed by atoms with Crippen LogP contribution in [0, 0.1) is 5.92 Å². The number of rotatable bonds is 6. The molecule has 1 atom stereocenters. The normalized spacial score (nSPS) is 12.6. The molecule has 2 rings (SSSR count). The minimum atomic E-state index is 0.531. The van der Waals surface area contributed by atoms with Crippen molar-refractivity contribution in [3.8, 4) is 0 Å². The molecule has 2 aromatic rings. The second-order valence-corrected chi connectivity index (χ2v) is 5.50. The molecule has 0 fully saturated rings. The van der Waals surface area contributed by atoms with E-state index in [0.717, 1.165) is 5.92 Å². The fourth-order valence-electron chi connectivity index (χ4n) is 2.85. The van der Waals surface area contributed by atoms with Gasteiger partial charge >= 0.3 is 126 Å². The molecular weight excluding hydrogens is 223 g/mol. The Bertz CT molecular complexity index is 424. The molecule has 2 aromatic carbocycles. The van der Waals surface area contributed by atoms with Crippen LogP contribution in [0.4, 0.5) is 0 Å². The molecule has 0 spiro atoms. The predicted molar refractivity (Wildman–Crippen MR) is 83.7 cm³/mol. The Kier molecular flexibility index (Phi) is 5.77. The molecule has 0 amide bonds. The Labute approximate surface area is 126 Å². The average molecular weight is 244 g/mol. The van der Waals surface area contributed by atoms with E-state index in [-0.39, 0.29) is 0 Å². The first-order valence-electron chi connectivity index (χ1n) is 7.41. The van der Waals surface area contributed by atoms with Crippen molar-refractivity contribution in [3.63, 3.8) is 0 Å². The summed E-state index contributed by atoms with van der Waals surface area (Å²) in [7, 11) is 0. The van der Waals surface area contributed by atoms with Crippen molar-refractivity contribution in [1.29, 1.82) is 0 Å². The standard InChI is InChI=1S/C18H21.Li/c1-3-15(2)14-18(16-10-6-4-7-11-16)17-12-8-5-9-13-17;/h4-13,15,18H,1,3,14H2,2H3;. The van der Waals surface area contributed by atoms with Gasteiger partial charge in [0.25, 0.3) is 0 Å². The van der Waals surface area contributed by atoms with Crippen LogP contribution in [-0.2, 0) is 0 Å². The van der Waals surface area contributed by atoms with Gasteiger partial charge in [0.2, 0.25) is 0 Å². The third-order valence-electron chi connectivity index (χ3n) is 3.82. The van der Waals surface area contributed by atoms with Crippen LogP contribution in [0.15, 0.2) is 60.7 Å². The molecule has 0 aliphatic heterocycles. The van der Waals surface area contributed by atoms with Gasteiger partial charge in [-0.15, -0.1) is 0 Å². The molecule has 19 heavy (non-hydrogen) atoms. The van der Waals surface area contributed by atoms with Crippen LogP contribution in [0.2, 0.25) is 5.09 Å². The number of benzene rings is 2. The van der Waals surface area contributed by atoms with Crippen molar-refractivity contribution in [2.45, 2.75) is 30.8 Å². The second-order valence-electron chi connectivity index (χ2n) is 5.50. The fourth-order valence-corrected chi connectivity index (χ4v) is 2.85. The Morgan fingerprint density at radius 1 is 0.842 bits per heavy atom. The van der Waals surface area contributed by atoms with Crippen LogP contribution in [-0.4, -0.2) is 17.7 Å². The second kappa shape index (κ2) is 7.58. The zero-order chi connectivity index (χ0) is 13.5. The van der Waals surface area contributed by atoms with Crippen LogP contribution in [0.25, 0.3) is 0 Å². The molecule has 1 unspecified atom stereocenters. The van der Waals surface area contributed by atoms with E-state index in [9.17, 15) is 0 Å². The van der Waals surface area contributed by atoms with Crippen molar-refractivity contribution >= 4 is 17.7 Å². The minimum absolute atomic E-state index is 0.531. The molecule has 0 radical (unpaired) electrons.